The van der Waals surface area contributed by atoms with Gasteiger partial charge in [-0.1, -0.05) is 12.1 Å². The number of nitrogens with zero attached hydrogens (tertiary/aromatic N) is 3. The lowest BCUT2D eigenvalue weighted by molar-refractivity contribution is -0.138. The van der Waals surface area contributed by atoms with Crippen molar-refractivity contribution in [1.29, 1.82) is 0 Å². The van der Waals surface area contributed by atoms with E-state index in [1.807, 2.05) is 49.1 Å². The predicted molar refractivity (Wildman–Crippen MR) is 88.8 cm³/mol. The second-order valence-corrected chi connectivity index (χ2v) is 6.05. The Morgan fingerprint density at radius 2 is 2.18 bits per heavy atom. The van der Waals surface area contributed by atoms with E-state index in [2.05, 4.69) is 11.1 Å². The van der Waals surface area contributed by atoms with E-state index < -0.39 is 12.0 Å². The summed E-state index contributed by atoms with van der Waals surface area (Å²) >= 11 is 0. The molecule has 1 aliphatic rings. The van der Waals surface area contributed by atoms with Crippen LogP contribution in [-0.4, -0.2) is 42.7 Å². The minimum absolute atomic E-state index is 0.430. The number of hydrogen-bond acceptors (Lipinski definition) is 4. The quantitative estimate of drug-likeness (QED) is 0.944. The highest BCUT2D eigenvalue weighted by atomic mass is 16.4. The van der Waals surface area contributed by atoms with Crippen LogP contribution in [0.15, 0.2) is 24.4 Å². The fourth-order valence-corrected chi connectivity index (χ4v) is 3.34. The number of anilines is 2. The Hall–Kier alpha value is -2.30. The smallest absolute Gasteiger partial charge is 0.326 e. The number of carbonyl (C=O) groups is 1. The fraction of sp³-hybridized carbons (Fsp3) is 0.412. The minimum atomic E-state index is -0.742. The van der Waals surface area contributed by atoms with E-state index >= 15 is 0 Å². The fourth-order valence-electron chi connectivity index (χ4n) is 3.34. The zero-order chi connectivity index (χ0) is 15.9. The van der Waals surface area contributed by atoms with Gasteiger partial charge in [-0.2, -0.15) is 0 Å². The number of hydrogen-bond donors (Lipinski definition) is 1. The number of carboxylic acids is 1. The van der Waals surface area contributed by atoms with E-state index in [1.165, 1.54) is 0 Å². The normalized spacial score (nSPS) is 18.0. The van der Waals surface area contributed by atoms with Crippen molar-refractivity contribution in [2.75, 3.05) is 30.4 Å². The highest BCUT2D eigenvalue weighted by Gasteiger charge is 2.31. The molecule has 0 radical (unpaired) electrons. The minimum Gasteiger partial charge on any atom is -0.480 e. The predicted octanol–water partition coefficient (Wildman–Crippen LogP) is 2.66. The molecule has 1 aromatic heterocycles. The zero-order valence-electron chi connectivity index (χ0n) is 13.2. The molecule has 2 aromatic rings. The average Bonchev–Trinajstić information content (AvgIpc) is 2.96. The number of benzene rings is 1. The molecule has 2 heterocycles. The Morgan fingerprint density at radius 3 is 2.86 bits per heavy atom. The number of aryl methyl sites for hydroxylation is 1. The van der Waals surface area contributed by atoms with E-state index in [1.54, 1.807) is 0 Å². The monoisotopic (exact) mass is 299 g/mol. The molecule has 22 heavy (non-hydrogen) atoms. The maximum absolute atomic E-state index is 11.5. The number of rotatable bonds is 3. The maximum atomic E-state index is 11.5. The van der Waals surface area contributed by atoms with Crippen LogP contribution in [0.5, 0.6) is 0 Å². The van der Waals surface area contributed by atoms with Crippen LogP contribution in [0.4, 0.5) is 11.5 Å². The van der Waals surface area contributed by atoms with Crippen LogP contribution in [0.1, 0.15) is 18.4 Å². The summed E-state index contributed by atoms with van der Waals surface area (Å²) in [6, 6.07) is 5.64. The molecule has 1 atom stereocenters. The molecular weight excluding hydrogens is 278 g/mol. The van der Waals surface area contributed by atoms with Gasteiger partial charge in [0.2, 0.25) is 0 Å². The molecule has 0 saturated carbocycles. The Labute approximate surface area is 130 Å². The van der Waals surface area contributed by atoms with Crippen LogP contribution in [0, 0.1) is 6.92 Å². The van der Waals surface area contributed by atoms with Gasteiger partial charge in [-0.3, -0.25) is 0 Å². The van der Waals surface area contributed by atoms with Crippen LogP contribution >= 0.6 is 0 Å². The highest BCUT2D eigenvalue weighted by Crippen LogP contribution is 2.36. The van der Waals surface area contributed by atoms with Crippen molar-refractivity contribution in [2.24, 2.45) is 0 Å². The third-order valence-electron chi connectivity index (χ3n) is 4.33. The summed E-state index contributed by atoms with van der Waals surface area (Å²) in [6.07, 6.45) is 3.49. The van der Waals surface area contributed by atoms with Crippen molar-refractivity contribution in [3.8, 4) is 0 Å². The summed E-state index contributed by atoms with van der Waals surface area (Å²) in [5.41, 5.74) is 2.08. The molecule has 1 fully saturated rings. The summed E-state index contributed by atoms with van der Waals surface area (Å²) < 4.78 is 0. The van der Waals surface area contributed by atoms with E-state index in [-0.39, 0.29) is 0 Å². The molecule has 1 aliphatic heterocycles. The number of aliphatic carboxylic acids is 1. The summed E-state index contributed by atoms with van der Waals surface area (Å²) in [6.45, 7) is 2.82. The number of carboxylic acid groups (broad SMARTS) is 1. The van der Waals surface area contributed by atoms with Gasteiger partial charge in [0.1, 0.15) is 11.9 Å². The molecule has 0 aliphatic carbocycles. The van der Waals surface area contributed by atoms with Gasteiger partial charge in [-0.15, -0.1) is 0 Å². The lowest BCUT2D eigenvalue weighted by atomic mass is 10.0. The van der Waals surface area contributed by atoms with E-state index in [9.17, 15) is 9.90 Å². The van der Waals surface area contributed by atoms with E-state index in [4.69, 9.17) is 0 Å². The molecule has 1 saturated heterocycles. The Kier molecular flexibility index (Phi) is 3.64. The Morgan fingerprint density at radius 1 is 1.41 bits per heavy atom. The van der Waals surface area contributed by atoms with Crippen molar-refractivity contribution >= 4 is 28.2 Å². The van der Waals surface area contributed by atoms with Gasteiger partial charge in [-0.05, 0) is 31.4 Å². The van der Waals surface area contributed by atoms with Gasteiger partial charge in [0, 0.05) is 43.3 Å². The molecule has 1 unspecified atom stereocenters. The second kappa shape index (κ2) is 5.48. The van der Waals surface area contributed by atoms with Crippen molar-refractivity contribution in [1.82, 2.24) is 4.98 Å². The zero-order valence-corrected chi connectivity index (χ0v) is 13.2. The molecule has 0 amide bonds. The first kappa shape index (κ1) is 14.6. The first-order chi connectivity index (χ1) is 10.5. The van der Waals surface area contributed by atoms with E-state index in [0.717, 1.165) is 40.8 Å². The largest absolute Gasteiger partial charge is 0.480 e. The van der Waals surface area contributed by atoms with Gasteiger partial charge in [0.15, 0.2) is 0 Å². The molecular formula is C17H21N3O2. The lowest BCUT2D eigenvalue weighted by Crippen LogP contribution is -2.36. The van der Waals surface area contributed by atoms with Crippen molar-refractivity contribution in [3.05, 3.63) is 30.0 Å². The molecule has 0 bridgehead atoms. The van der Waals surface area contributed by atoms with E-state index in [0.29, 0.717) is 6.42 Å². The molecule has 5 nitrogen and oxygen atoms in total. The van der Waals surface area contributed by atoms with Gasteiger partial charge in [-0.25, -0.2) is 9.78 Å². The van der Waals surface area contributed by atoms with Crippen LogP contribution in [0.3, 0.4) is 0 Å². The maximum Gasteiger partial charge on any atom is 0.326 e. The SMILES string of the molecule is Cc1cnc(N(C)C)c2cccc(N3CCCC3C(=O)O)c12. The van der Waals surface area contributed by atoms with Crippen LogP contribution in [0.2, 0.25) is 0 Å². The topological polar surface area (TPSA) is 56.7 Å². The van der Waals surface area contributed by atoms with Gasteiger partial charge >= 0.3 is 5.97 Å². The first-order valence-corrected chi connectivity index (χ1v) is 7.56. The molecule has 3 rings (SSSR count). The highest BCUT2D eigenvalue weighted by molar-refractivity contribution is 6.03. The molecule has 5 heteroatoms. The number of pyridine rings is 1. The number of aromatic nitrogens is 1. The molecule has 1 N–H and O–H groups in total. The number of fused-ring (bicyclic) bond motifs is 1. The second-order valence-electron chi connectivity index (χ2n) is 6.05. The summed E-state index contributed by atoms with van der Waals surface area (Å²) in [7, 11) is 3.94. The van der Waals surface area contributed by atoms with Gasteiger partial charge in [0.25, 0.3) is 0 Å². The third-order valence-corrected chi connectivity index (χ3v) is 4.33. The van der Waals surface area contributed by atoms with Gasteiger partial charge < -0.3 is 14.9 Å². The van der Waals surface area contributed by atoms with Crippen molar-refractivity contribution < 1.29 is 9.90 Å². The van der Waals surface area contributed by atoms with Crippen LogP contribution < -0.4 is 9.80 Å². The third kappa shape index (κ3) is 2.26. The summed E-state index contributed by atoms with van der Waals surface area (Å²) in [5, 5.41) is 11.6. The van der Waals surface area contributed by atoms with Gasteiger partial charge in [0.05, 0.1) is 0 Å². The first-order valence-electron chi connectivity index (χ1n) is 7.56. The van der Waals surface area contributed by atoms with Crippen molar-refractivity contribution in [2.45, 2.75) is 25.8 Å². The lowest BCUT2D eigenvalue weighted by Gasteiger charge is -2.26. The summed E-state index contributed by atoms with van der Waals surface area (Å²) in [4.78, 5) is 20.1. The van der Waals surface area contributed by atoms with Crippen LogP contribution in [0.25, 0.3) is 10.8 Å². The molecule has 116 valence electrons. The molecule has 0 spiro atoms. The van der Waals surface area contributed by atoms with Crippen LogP contribution in [-0.2, 0) is 4.79 Å². The Bertz CT molecular complexity index is 727. The average molecular weight is 299 g/mol. The molecule has 1 aromatic carbocycles. The summed E-state index contributed by atoms with van der Waals surface area (Å²) in [5.74, 6) is 0.169. The standard InChI is InChI=1S/C17H21N3O2/c1-11-10-18-16(19(2)3)12-6-4-7-13(15(11)12)20-9-5-8-14(20)17(21)22/h4,6-7,10,14H,5,8-9H2,1-3H3,(H,21,22). The Balaban J connectivity index is 2.23. The van der Waals surface area contributed by atoms with Crippen molar-refractivity contribution in [3.63, 3.8) is 0 Å².